The molecule has 7 nitrogen and oxygen atoms in total. The van der Waals surface area contributed by atoms with Crippen LogP contribution in [0.5, 0.6) is 0 Å². The molecule has 1 fully saturated rings. The minimum absolute atomic E-state index is 0.0397. The lowest BCUT2D eigenvalue weighted by atomic mass is 10.1. The molecule has 1 N–H and O–H groups in total. The molecule has 176 valence electrons. The number of likely N-dealkylation sites (tertiary alicyclic amines) is 1. The summed E-state index contributed by atoms with van der Waals surface area (Å²) in [5.74, 6) is -0.401. The highest BCUT2D eigenvalue weighted by Crippen LogP contribution is 2.19. The van der Waals surface area contributed by atoms with E-state index in [1.807, 2.05) is 49.1 Å². The van der Waals surface area contributed by atoms with Crippen LogP contribution in [0.25, 0.3) is 0 Å². The van der Waals surface area contributed by atoms with Crippen LogP contribution in [-0.4, -0.2) is 34.2 Å². The quantitative estimate of drug-likeness (QED) is 0.485. The summed E-state index contributed by atoms with van der Waals surface area (Å²) in [6, 6.07) is 13.0. The van der Waals surface area contributed by atoms with Crippen molar-refractivity contribution in [2.75, 3.05) is 11.9 Å². The van der Waals surface area contributed by atoms with Crippen LogP contribution in [0.4, 0.5) is 5.69 Å². The number of nitrogens with one attached hydrogen (secondary N) is 1. The zero-order chi connectivity index (χ0) is 24.1. The van der Waals surface area contributed by atoms with Crippen LogP contribution < -0.4 is 5.32 Å². The Balaban J connectivity index is 1.26. The van der Waals surface area contributed by atoms with E-state index in [9.17, 15) is 14.4 Å². The highest BCUT2D eigenvalue weighted by Gasteiger charge is 2.20. The molecule has 4 rings (SSSR count). The highest BCUT2D eigenvalue weighted by molar-refractivity contribution is 7.09. The van der Waals surface area contributed by atoms with Crippen LogP contribution >= 0.6 is 11.3 Å². The largest absolute Gasteiger partial charge is 0.456 e. The van der Waals surface area contributed by atoms with Gasteiger partial charge in [0.1, 0.15) is 11.6 Å². The molecule has 1 aliphatic rings. The summed E-state index contributed by atoms with van der Waals surface area (Å²) in [4.78, 5) is 42.8. The van der Waals surface area contributed by atoms with Crippen molar-refractivity contribution in [1.82, 2.24) is 9.88 Å². The van der Waals surface area contributed by atoms with Gasteiger partial charge in [-0.1, -0.05) is 24.3 Å². The van der Waals surface area contributed by atoms with Crippen LogP contribution in [0.2, 0.25) is 0 Å². The number of aromatic nitrogens is 1. The van der Waals surface area contributed by atoms with Crippen molar-refractivity contribution in [3.05, 3.63) is 80.8 Å². The first-order valence-electron chi connectivity index (χ1n) is 11.2. The van der Waals surface area contributed by atoms with E-state index < -0.39 is 5.97 Å². The van der Waals surface area contributed by atoms with Crippen molar-refractivity contribution >= 4 is 34.8 Å². The Morgan fingerprint density at radius 2 is 1.94 bits per heavy atom. The van der Waals surface area contributed by atoms with Gasteiger partial charge in [0.25, 0.3) is 0 Å². The Morgan fingerprint density at radius 1 is 1.15 bits per heavy atom. The second kappa shape index (κ2) is 10.6. The predicted molar refractivity (Wildman–Crippen MR) is 131 cm³/mol. The topological polar surface area (TPSA) is 88.6 Å². The zero-order valence-electron chi connectivity index (χ0n) is 19.3. The molecule has 2 heterocycles. The Hall–Kier alpha value is -3.52. The average Bonchev–Trinajstić information content (AvgIpc) is 3.43. The first-order valence-corrected chi connectivity index (χ1v) is 12.1. The maximum Gasteiger partial charge on any atom is 0.338 e. The molecular weight excluding hydrogens is 450 g/mol. The van der Waals surface area contributed by atoms with Crippen molar-refractivity contribution < 1.29 is 19.1 Å². The van der Waals surface area contributed by atoms with Crippen molar-refractivity contribution in [2.24, 2.45) is 0 Å². The molecular formula is C26H27N3O4S. The van der Waals surface area contributed by atoms with Gasteiger partial charge in [0.05, 0.1) is 17.7 Å². The lowest BCUT2D eigenvalue weighted by molar-refractivity contribution is -0.128. The molecule has 0 bridgehead atoms. The van der Waals surface area contributed by atoms with E-state index >= 15 is 0 Å². The normalized spacial score (nSPS) is 13.2. The fourth-order valence-electron chi connectivity index (χ4n) is 3.76. The molecule has 0 spiro atoms. The number of rotatable bonds is 8. The standard InChI is InChI=1S/C26H27N3O4S/c1-17-5-6-18(2)22(12-17)28-23(30)13-24-27-21(16-34-24)15-33-26(32)20-9-7-19(8-10-20)14-29-11-3-4-25(29)31/h5-10,12,16H,3-4,11,13-15H2,1-2H3,(H,28,30). The van der Waals surface area contributed by atoms with Crippen LogP contribution in [0.1, 0.15) is 50.6 Å². The molecule has 2 amide bonds. The number of anilines is 1. The van der Waals surface area contributed by atoms with E-state index in [1.165, 1.54) is 11.3 Å². The van der Waals surface area contributed by atoms with Crippen LogP contribution in [0, 0.1) is 13.8 Å². The summed E-state index contributed by atoms with van der Waals surface area (Å²) in [6.07, 6.45) is 1.67. The lowest BCUT2D eigenvalue weighted by Gasteiger charge is -2.15. The number of amides is 2. The third-order valence-corrected chi connectivity index (χ3v) is 6.56. The van der Waals surface area contributed by atoms with Gasteiger partial charge in [-0.05, 0) is 55.2 Å². The number of thiazole rings is 1. The summed E-state index contributed by atoms with van der Waals surface area (Å²) < 4.78 is 5.39. The number of nitrogens with zero attached hydrogens (tertiary/aromatic N) is 2. The van der Waals surface area contributed by atoms with Gasteiger partial charge in [0.15, 0.2) is 0 Å². The third-order valence-electron chi connectivity index (χ3n) is 5.66. The minimum Gasteiger partial charge on any atom is -0.456 e. The average molecular weight is 478 g/mol. The number of hydrogen-bond donors (Lipinski definition) is 1. The summed E-state index contributed by atoms with van der Waals surface area (Å²) in [6.45, 7) is 5.32. The Labute approximate surface area is 202 Å². The fraction of sp³-hybridized carbons (Fsp3) is 0.308. The zero-order valence-corrected chi connectivity index (χ0v) is 20.1. The SMILES string of the molecule is Cc1ccc(C)c(NC(=O)Cc2nc(COC(=O)c3ccc(CN4CCCC4=O)cc3)cs2)c1. The summed E-state index contributed by atoms with van der Waals surface area (Å²) in [7, 11) is 0. The van der Waals surface area contributed by atoms with Crippen LogP contribution in [0.3, 0.4) is 0 Å². The van der Waals surface area contributed by atoms with Gasteiger partial charge in [-0.2, -0.15) is 0 Å². The van der Waals surface area contributed by atoms with Crippen molar-refractivity contribution in [2.45, 2.75) is 46.3 Å². The van der Waals surface area contributed by atoms with E-state index in [-0.39, 0.29) is 24.8 Å². The van der Waals surface area contributed by atoms with Crippen molar-refractivity contribution in [3.8, 4) is 0 Å². The van der Waals surface area contributed by atoms with Crippen LogP contribution in [-0.2, 0) is 33.9 Å². The smallest absolute Gasteiger partial charge is 0.338 e. The molecule has 0 radical (unpaired) electrons. The van der Waals surface area contributed by atoms with Crippen LogP contribution in [0.15, 0.2) is 47.8 Å². The van der Waals surface area contributed by atoms with E-state index in [2.05, 4.69) is 10.3 Å². The first-order chi connectivity index (χ1) is 16.4. The number of carbonyl (C=O) groups is 3. The molecule has 1 aliphatic heterocycles. The number of benzene rings is 2. The van der Waals surface area contributed by atoms with Gasteiger partial charge in [0.2, 0.25) is 11.8 Å². The molecule has 0 atom stereocenters. The summed E-state index contributed by atoms with van der Waals surface area (Å²) >= 11 is 1.36. The van der Waals surface area contributed by atoms with Gasteiger partial charge in [-0.3, -0.25) is 9.59 Å². The molecule has 0 aliphatic carbocycles. The second-order valence-corrected chi connectivity index (χ2v) is 9.41. The van der Waals surface area contributed by atoms with Crippen molar-refractivity contribution in [3.63, 3.8) is 0 Å². The molecule has 8 heteroatoms. The van der Waals surface area contributed by atoms with Gasteiger partial charge in [-0.25, -0.2) is 9.78 Å². The maximum atomic E-state index is 12.4. The van der Waals surface area contributed by atoms with E-state index in [1.54, 1.807) is 17.5 Å². The minimum atomic E-state index is -0.439. The molecule has 3 aromatic rings. The fourth-order valence-corrected chi connectivity index (χ4v) is 4.54. The number of ether oxygens (including phenoxy) is 1. The van der Waals surface area contributed by atoms with Gasteiger partial charge >= 0.3 is 5.97 Å². The molecule has 1 saturated heterocycles. The predicted octanol–water partition coefficient (Wildman–Crippen LogP) is 4.42. The summed E-state index contributed by atoms with van der Waals surface area (Å²) in [5, 5.41) is 5.39. The van der Waals surface area contributed by atoms with E-state index in [0.717, 1.165) is 35.3 Å². The number of aryl methyl sites for hydroxylation is 2. The van der Waals surface area contributed by atoms with Crippen molar-refractivity contribution in [1.29, 1.82) is 0 Å². The molecule has 2 aromatic carbocycles. The molecule has 34 heavy (non-hydrogen) atoms. The third kappa shape index (κ3) is 6.08. The van der Waals surface area contributed by atoms with Gasteiger partial charge in [0, 0.05) is 30.6 Å². The maximum absolute atomic E-state index is 12.4. The van der Waals surface area contributed by atoms with Gasteiger partial charge < -0.3 is 15.0 Å². The first kappa shape index (κ1) is 23.6. The number of carbonyl (C=O) groups excluding carboxylic acids is 3. The number of hydrogen-bond acceptors (Lipinski definition) is 6. The van der Waals surface area contributed by atoms with Gasteiger partial charge in [-0.15, -0.1) is 11.3 Å². The molecule has 1 aromatic heterocycles. The Morgan fingerprint density at radius 3 is 2.68 bits per heavy atom. The van der Waals surface area contributed by atoms with E-state index in [0.29, 0.717) is 29.2 Å². The molecule has 0 saturated carbocycles. The Kier molecular flexibility index (Phi) is 7.37. The second-order valence-electron chi connectivity index (χ2n) is 8.47. The Bertz CT molecular complexity index is 1200. The summed E-state index contributed by atoms with van der Waals surface area (Å²) in [5.41, 5.74) is 4.92. The number of esters is 1. The highest BCUT2D eigenvalue weighted by atomic mass is 32.1. The lowest BCUT2D eigenvalue weighted by Crippen LogP contribution is -2.23. The monoisotopic (exact) mass is 477 g/mol. The van der Waals surface area contributed by atoms with E-state index in [4.69, 9.17) is 4.74 Å². The molecule has 0 unspecified atom stereocenters.